The van der Waals surface area contributed by atoms with Crippen LogP contribution in [0.4, 0.5) is 0 Å². The molecule has 0 radical (unpaired) electrons. The van der Waals surface area contributed by atoms with Crippen molar-refractivity contribution in [1.82, 2.24) is 15.5 Å². The van der Waals surface area contributed by atoms with Gasteiger partial charge in [0.2, 0.25) is 5.89 Å². The second-order valence-electron chi connectivity index (χ2n) is 6.55. The van der Waals surface area contributed by atoms with Gasteiger partial charge in [-0.2, -0.15) is 4.98 Å². The van der Waals surface area contributed by atoms with Gasteiger partial charge in [0.25, 0.3) is 0 Å². The molecule has 19 heavy (non-hydrogen) atoms. The molecule has 1 aromatic heterocycles. The molecule has 3 N–H and O–H groups in total. The van der Waals surface area contributed by atoms with Crippen molar-refractivity contribution in [2.24, 2.45) is 17.1 Å². The Hall–Kier alpha value is -0.940. The second-order valence-corrected chi connectivity index (χ2v) is 6.55. The van der Waals surface area contributed by atoms with Crippen LogP contribution in [0.1, 0.15) is 58.2 Å². The third-order valence-electron chi connectivity index (χ3n) is 4.09. The first-order chi connectivity index (χ1) is 9.00. The SMILES string of the molecule is CC(C)(C)C1CCCCC1NCc1noc(CN)n1. The van der Waals surface area contributed by atoms with Gasteiger partial charge in [-0.1, -0.05) is 38.8 Å². The summed E-state index contributed by atoms with van der Waals surface area (Å²) < 4.78 is 5.02. The van der Waals surface area contributed by atoms with Gasteiger partial charge < -0.3 is 15.6 Å². The lowest BCUT2D eigenvalue weighted by Crippen LogP contribution is -2.44. The molecule has 1 saturated carbocycles. The molecule has 5 nitrogen and oxygen atoms in total. The minimum absolute atomic E-state index is 0.307. The summed E-state index contributed by atoms with van der Waals surface area (Å²) in [5, 5.41) is 7.54. The molecule has 108 valence electrons. The first-order valence-corrected chi connectivity index (χ1v) is 7.25. The molecular formula is C14H26N4O. The number of nitrogens with two attached hydrogens (primary N) is 1. The smallest absolute Gasteiger partial charge is 0.240 e. The Kier molecular flexibility index (Phi) is 4.58. The van der Waals surface area contributed by atoms with Crippen LogP contribution in [0.2, 0.25) is 0 Å². The van der Waals surface area contributed by atoms with E-state index in [1.807, 2.05) is 0 Å². The van der Waals surface area contributed by atoms with Crippen molar-refractivity contribution in [3.63, 3.8) is 0 Å². The summed E-state index contributed by atoms with van der Waals surface area (Å²) in [4.78, 5) is 4.24. The summed E-state index contributed by atoms with van der Waals surface area (Å²) >= 11 is 0. The van der Waals surface area contributed by atoms with Crippen LogP contribution < -0.4 is 11.1 Å². The van der Waals surface area contributed by atoms with Crippen molar-refractivity contribution >= 4 is 0 Å². The molecule has 1 aliphatic carbocycles. The molecule has 0 aliphatic heterocycles. The van der Waals surface area contributed by atoms with Gasteiger partial charge in [-0.15, -0.1) is 0 Å². The van der Waals surface area contributed by atoms with Crippen LogP contribution in [-0.2, 0) is 13.1 Å². The van der Waals surface area contributed by atoms with Crippen molar-refractivity contribution < 1.29 is 4.52 Å². The average Bonchev–Trinajstić information content (AvgIpc) is 2.83. The van der Waals surface area contributed by atoms with Crippen molar-refractivity contribution in [2.75, 3.05) is 0 Å². The number of hydrogen-bond donors (Lipinski definition) is 2. The van der Waals surface area contributed by atoms with Crippen molar-refractivity contribution in [1.29, 1.82) is 0 Å². The summed E-state index contributed by atoms with van der Waals surface area (Å²) in [6.07, 6.45) is 5.20. The molecule has 0 spiro atoms. The van der Waals surface area contributed by atoms with Crippen LogP contribution in [0.3, 0.4) is 0 Å². The van der Waals surface area contributed by atoms with Gasteiger partial charge in [0, 0.05) is 6.04 Å². The molecule has 1 fully saturated rings. The highest BCUT2D eigenvalue weighted by molar-refractivity contribution is 4.91. The highest BCUT2D eigenvalue weighted by Gasteiger charge is 2.33. The maximum absolute atomic E-state index is 5.46. The zero-order valence-electron chi connectivity index (χ0n) is 12.3. The molecule has 1 heterocycles. The lowest BCUT2D eigenvalue weighted by atomic mass is 9.69. The molecule has 5 heteroatoms. The largest absolute Gasteiger partial charge is 0.338 e. The third kappa shape index (κ3) is 3.76. The third-order valence-corrected chi connectivity index (χ3v) is 4.09. The van der Waals surface area contributed by atoms with Gasteiger partial charge in [0.1, 0.15) is 0 Å². The lowest BCUT2D eigenvalue weighted by Gasteiger charge is -2.40. The van der Waals surface area contributed by atoms with Crippen molar-refractivity contribution in [3.05, 3.63) is 11.7 Å². The van der Waals surface area contributed by atoms with E-state index in [2.05, 4.69) is 36.2 Å². The number of aromatic nitrogens is 2. The molecule has 1 aliphatic rings. The summed E-state index contributed by atoms with van der Waals surface area (Å²) in [7, 11) is 0. The summed E-state index contributed by atoms with van der Waals surface area (Å²) in [6, 6.07) is 0.550. The molecule has 0 aromatic carbocycles. The maximum Gasteiger partial charge on any atom is 0.240 e. The Balaban J connectivity index is 1.92. The first kappa shape index (κ1) is 14.5. The molecular weight excluding hydrogens is 240 g/mol. The standard InChI is InChI=1S/C14H26N4O/c1-14(2,3)10-6-4-5-7-11(10)16-9-12-17-13(8-15)19-18-12/h10-11,16H,4-9,15H2,1-3H3. The minimum Gasteiger partial charge on any atom is -0.338 e. The van der Waals surface area contributed by atoms with E-state index in [0.29, 0.717) is 42.2 Å². The highest BCUT2D eigenvalue weighted by atomic mass is 16.5. The summed E-state index contributed by atoms with van der Waals surface area (Å²) in [5.41, 5.74) is 5.81. The van der Waals surface area contributed by atoms with Crippen LogP contribution in [0.15, 0.2) is 4.52 Å². The molecule has 0 amide bonds. The first-order valence-electron chi connectivity index (χ1n) is 7.25. The van der Waals surface area contributed by atoms with E-state index in [-0.39, 0.29) is 0 Å². The van der Waals surface area contributed by atoms with E-state index >= 15 is 0 Å². The molecule has 0 saturated heterocycles. The van der Waals surface area contributed by atoms with Gasteiger partial charge in [-0.3, -0.25) is 0 Å². The maximum atomic E-state index is 5.46. The molecule has 0 bridgehead atoms. The van der Waals surface area contributed by atoms with E-state index in [0.717, 1.165) is 0 Å². The molecule has 2 rings (SSSR count). The van der Waals surface area contributed by atoms with Gasteiger partial charge in [-0.25, -0.2) is 0 Å². The van der Waals surface area contributed by atoms with E-state index in [1.165, 1.54) is 25.7 Å². The van der Waals surface area contributed by atoms with E-state index in [9.17, 15) is 0 Å². The van der Waals surface area contributed by atoms with Crippen LogP contribution in [0, 0.1) is 11.3 Å². The van der Waals surface area contributed by atoms with Gasteiger partial charge in [0.05, 0.1) is 13.1 Å². The number of nitrogens with one attached hydrogen (secondary N) is 1. The fourth-order valence-corrected chi connectivity index (χ4v) is 3.08. The fraction of sp³-hybridized carbons (Fsp3) is 0.857. The van der Waals surface area contributed by atoms with Crippen LogP contribution >= 0.6 is 0 Å². The number of nitrogens with zero attached hydrogens (tertiary/aromatic N) is 2. The predicted molar refractivity (Wildman–Crippen MR) is 74.2 cm³/mol. The second kappa shape index (κ2) is 6.01. The fourth-order valence-electron chi connectivity index (χ4n) is 3.08. The Labute approximate surface area is 115 Å². The monoisotopic (exact) mass is 266 g/mol. The van der Waals surface area contributed by atoms with E-state index in [4.69, 9.17) is 10.3 Å². The Morgan fingerprint density at radius 1 is 1.32 bits per heavy atom. The molecule has 1 aromatic rings. The van der Waals surface area contributed by atoms with Crippen molar-refractivity contribution in [3.8, 4) is 0 Å². The van der Waals surface area contributed by atoms with Crippen LogP contribution in [0.5, 0.6) is 0 Å². The molecule has 2 unspecified atom stereocenters. The highest BCUT2D eigenvalue weighted by Crippen LogP contribution is 2.38. The predicted octanol–water partition coefficient (Wildman–Crippen LogP) is 2.22. The van der Waals surface area contributed by atoms with Gasteiger partial charge in [0.15, 0.2) is 5.82 Å². The van der Waals surface area contributed by atoms with Crippen molar-refractivity contribution in [2.45, 2.75) is 65.6 Å². The van der Waals surface area contributed by atoms with E-state index < -0.39 is 0 Å². The lowest BCUT2D eigenvalue weighted by molar-refractivity contribution is 0.129. The minimum atomic E-state index is 0.307. The Morgan fingerprint density at radius 2 is 2.05 bits per heavy atom. The summed E-state index contributed by atoms with van der Waals surface area (Å²) in [6.45, 7) is 7.97. The quantitative estimate of drug-likeness (QED) is 0.874. The summed E-state index contributed by atoms with van der Waals surface area (Å²) in [5.74, 6) is 1.92. The van der Waals surface area contributed by atoms with Gasteiger partial charge in [-0.05, 0) is 24.2 Å². The topological polar surface area (TPSA) is 77.0 Å². The number of hydrogen-bond acceptors (Lipinski definition) is 5. The Morgan fingerprint density at radius 3 is 2.68 bits per heavy atom. The zero-order valence-corrected chi connectivity index (χ0v) is 12.3. The van der Waals surface area contributed by atoms with Crippen LogP contribution in [0.25, 0.3) is 0 Å². The number of rotatable bonds is 4. The molecule has 2 atom stereocenters. The van der Waals surface area contributed by atoms with Gasteiger partial charge >= 0.3 is 0 Å². The average molecular weight is 266 g/mol. The normalized spacial score (nSPS) is 24.6. The zero-order chi connectivity index (χ0) is 13.9. The van der Waals surface area contributed by atoms with Crippen LogP contribution in [-0.4, -0.2) is 16.2 Å². The van der Waals surface area contributed by atoms with E-state index in [1.54, 1.807) is 0 Å². The Bertz CT molecular complexity index is 396.